The molecule has 1 aromatic heterocycles. The molecular weight excluding hydrogens is 236 g/mol. The predicted molar refractivity (Wildman–Crippen MR) is 73.1 cm³/mol. The molecule has 4 heteroatoms. The zero-order valence-electron chi connectivity index (χ0n) is 10.0. The number of thiazole rings is 1. The van der Waals surface area contributed by atoms with E-state index >= 15 is 0 Å². The molecule has 0 unspecified atom stereocenters. The second-order valence-electron chi connectivity index (χ2n) is 4.72. The summed E-state index contributed by atoms with van der Waals surface area (Å²) in [4.78, 5) is 4.72. The summed E-state index contributed by atoms with van der Waals surface area (Å²) < 4.78 is 0. The van der Waals surface area contributed by atoms with Gasteiger partial charge in [-0.2, -0.15) is 11.8 Å². The van der Waals surface area contributed by atoms with Gasteiger partial charge in [-0.25, -0.2) is 4.98 Å². The molecule has 1 fully saturated rings. The molecule has 2 heterocycles. The van der Waals surface area contributed by atoms with Gasteiger partial charge in [-0.05, 0) is 31.1 Å². The van der Waals surface area contributed by atoms with E-state index in [2.05, 4.69) is 24.5 Å². The summed E-state index contributed by atoms with van der Waals surface area (Å²) in [5.41, 5.74) is 1.27. The Kier molecular flexibility index (Phi) is 4.67. The molecular formula is C12H20N2S2. The van der Waals surface area contributed by atoms with E-state index in [1.54, 1.807) is 0 Å². The Hall–Kier alpha value is -0.0600. The monoisotopic (exact) mass is 256 g/mol. The Morgan fingerprint density at radius 1 is 1.62 bits per heavy atom. The molecule has 16 heavy (non-hydrogen) atoms. The van der Waals surface area contributed by atoms with Crippen molar-refractivity contribution >= 4 is 23.1 Å². The van der Waals surface area contributed by atoms with Crippen LogP contribution in [0, 0.1) is 5.92 Å². The zero-order chi connectivity index (χ0) is 11.4. The molecule has 0 saturated carbocycles. The van der Waals surface area contributed by atoms with Crippen LogP contribution in [0.15, 0.2) is 5.38 Å². The van der Waals surface area contributed by atoms with E-state index in [-0.39, 0.29) is 0 Å². The van der Waals surface area contributed by atoms with Crippen LogP contribution in [-0.2, 0) is 5.75 Å². The molecule has 1 N–H and O–H groups in total. The Morgan fingerprint density at radius 3 is 3.19 bits per heavy atom. The summed E-state index contributed by atoms with van der Waals surface area (Å²) in [6.07, 6.45) is 2.54. The maximum Gasteiger partial charge on any atom is 0.103 e. The van der Waals surface area contributed by atoms with Crippen molar-refractivity contribution in [1.29, 1.82) is 0 Å². The van der Waals surface area contributed by atoms with Crippen molar-refractivity contribution < 1.29 is 0 Å². The van der Waals surface area contributed by atoms with Crippen molar-refractivity contribution in [2.24, 2.45) is 5.92 Å². The number of rotatable bonds is 5. The number of thioether (sulfide) groups is 1. The van der Waals surface area contributed by atoms with Crippen LogP contribution in [0.3, 0.4) is 0 Å². The number of aromatic nitrogens is 1. The minimum Gasteiger partial charge on any atom is -0.309 e. The molecule has 1 atom stereocenters. The lowest BCUT2D eigenvalue weighted by atomic mass is 10.2. The number of nitrogens with zero attached hydrogens (tertiary/aromatic N) is 1. The molecule has 0 aromatic carbocycles. The minimum atomic E-state index is 0.528. The van der Waals surface area contributed by atoms with Gasteiger partial charge < -0.3 is 5.32 Å². The van der Waals surface area contributed by atoms with Crippen LogP contribution in [0.2, 0.25) is 0 Å². The van der Waals surface area contributed by atoms with Gasteiger partial charge in [0.25, 0.3) is 0 Å². The summed E-state index contributed by atoms with van der Waals surface area (Å²) in [5, 5.41) is 7.01. The second kappa shape index (κ2) is 6.03. The molecule has 1 aliphatic rings. The molecule has 2 nitrogen and oxygen atoms in total. The summed E-state index contributed by atoms with van der Waals surface area (Å²) in [5.74, 6) is 3.09. The Morgan fingerprint density at radius 2 is 2.50 bits per heavy atom. The molecule has 0 spiro atoms. The van der Waals surface area contributed by atoms with E-state index in [1.807, 2.05) is 23.1 Å². The van der Waals surface area contributed by atoms with E-state index in [9.17, 15) is 0 Å². The fourth-order valence-electron chi connectivity index (χ4n) is 1.87. The first kappa shape index (κ1) is 12.4. The largest absolute Gasteiger partial charge is 0.309 e. The van der Waals surface area contributed by atoms with E-state index in [4.69, 9.17) is 4.98 Å². The van der Waals surface area contributed by atoms with Crippen LogP contribution in [0.1, 0.15) is 43.4 Å². The van der Waals surface area contributed by atoms with Gasteiger partial charge in [-0.3, -0.25) is 0 Å². The molecule has 90 valence electrons. The molecule has 1 aliphatic heterocycles. The van der Waals surface area contributed by atoms with Crippen LogP contribution in [0.25, 0.3) is 0 Å². The van der Waals surface area contributed by atoms with Gasteiger partial charge in [0.15, 0.2) is 0 Å². The first-order valence-electron chi connectivity index (χ1n) is 6.01. The van der Waals surface area contributed by atoms with Crippen LogP contribution in [-0.4, -0.2) is 17.3 Å². The second-order valence-corrected chi connectivity index (χ2v) is 6.70. The third-order valence-electron chi connectivity index (χ3n) is 2.66. The SMILES string of the molecule is CC(C)CSCc1nc([C@@H]2CCCN2)cs1. The van der Waals surface area contributed by atoms with Crippen molar-refractivity contribution in [2.45, 2.75) is 38.5 Å². The van der Waals surface area contributed by atoms with Crippen LogP contribution >= 0.6 is 23.1 Å². The highest BCUT2D eigenvalue weighted by Crippen LogP contribution is 2.26. The summed E-state index contributed by atoms with van der Waals surface area (Å²) in [6, 6.07) is 0.528. The fraction of sp³-hybridized carbons (Fsp3) is 0.750. The Bertz CT molecular complexity index is 317. The number of hydrogen-bond donors (Lipinski definition) is 1. The van der Waals surface area contributed by atoms with Crippen molar-refractivity contribution in [2.75, 3.05) is 12.3 Å². The van der Waals surface area contributed by atoms with Crippen LogP contribution in [0.4, 0.5) is 0 Å². The van der Waals surface area contributed by atoms with Gasteiger partial charge in [0, 0.05) is 11.1 Å². The maximum atomic E-state index is 4.72. The number of nitrogens with one attached hydrogen (secondary N) is 1. The first-order valence-corrected chi connectivity index (χ1v) is 8.04. The third kappa shape index (κ3) is 3.47. The van der Waals surface area contributed by atoms with Gasteiger partial charge in [-0.15, -0.1) is 11.3 Å². The van der Waals surface area contributed by atoms with Gasteiger partial charge in [0.1, 0.15) is 5.01 Å². The van der Waals surface area contributed by atoms with E-state index in [1.165, 1.54) is 29.3 Å². The van der Waals surface area contributed by atoms with E-state index in [0.29, 0.717) is 6.04 Å². The molecule has 0 radical (unpaired) electrons. The van der Waals surface area contributed by atoms with Gasteiger partial charge in [-0.1, -0.05) is 13.8 Å². The lowest BCUT2D eigenvalue weighted by Crippen LogP contribution is -2.13. The molecule has 0 aliphatic carbocycles. The van der Waals surface area contributed by atoms with Gasteiger partial charge in [0.2, 0.25) is 0 Å². The topological polar surface area (TPSA) is 24.9 Å². The quantitative estimate of drug-likeness (QED) is 0.873. The molecule has 0 amide bonds. The molecule has 1 aromatic rings. The van der Waals surface area contributed by atoms with Crippen LogP contribution in [0.5, 0.6) is 0 Å². The normalized spacial score (nSPS) is 20.8. The highest BCUT2D eigenvalue weighted by molar-refractivity contribution is 7.98. The lowest BCUT2D eigenvalue weighted by molar-refractivity contribution is 0.630. The third-order valence-corrected chi connectivity index (χ3v) is 5.09. The van der Waals surface area contributed by atoms with Crippen molar-refractivity contribution in [3.8, 4) is 0 Å². The van der Waals surface area contributed by atoms with E-state index in [0.717, 1.165) is 18.2 Å². The van der Waals surface area contributed by atoms with Gasteiger partial charge >= 0.3 is 0 Å². The molecule has 2 rings (SSSR count). The standard InChI is InChI=1S/C12H20N2S2/c1-9(2)6-15-8-12-14-11(7-16-12)10-4-3-5-13-10/h7,9-10,13H,3-6,8H2,1-2H3/t10-/m0/s1. The highest BCUT2D eigenvalue weighted by Gasteiger charge is 2.18. The molecule has 0 bridgehead atoms. The van der Waals surface area contributed by atoms with E-state index < -0.39 is 0 Å². The lowest BCUT2D eigenvalue weighted by Gasteiger charge is -2.05. The average Bonchev–Trinajstić information content (AvgIpc) is 2.85. The smallest absolute Gasteiger partial charge is 0.103 e. The zero-order valence-corrected chi connectivity index (χ0v) is 11.7. The summed E-state index contributed by atoms with van der Waals surface area (Å²) in [6.45, 7) is 5.69. The first-order chi connectivity index (χ1) is 7.75. The maximum absolute atomic E-state index is 4.72. The van der Waals surface area contributed by atoms with Crippen molar-refractivity contribution in [3.63, 3.8) is 0 Å². The molecule has 1 saturated heterocycles. The fourth-order valence-corrected chi connectivity index (χ4v) is 3.85. The minimum absolute atomic E-state index is 0.528. The highest BCUT2D eigenvalue weighted by atomic mass is 32.2. The predicted octanol–water partition coefficient (Wildman–Crippen LogP) is 3.46. The van der Waals surface area contributed by atoms with Crippen molar-refractivity contribution in [1.82, 2.24) is 10.3 Å². The summed E-state index contributed by atoms with van der Waals surface area (Å²) in [7, 11) is 0. The van der Waals surface area contributed by atoms with Crippen molar-refractivity contribution in [3.05, 3.63) is 16.1 Å². The average molecular weight is 256 g/mol. The van der Waals surface area contributed by atoms with Crippen LogP contribution < -0.4 is 5.32 Å². The van der Waals surface area contributed by atoms with Gasteiger partial charge in [0.05, 0.1) is 11.7 Å². The number of hydrogen-bond acceptors (Lipinski definition) is 4. The summed E-state index contributed by atoms with van der Waals surface area (Å²) >= 11 is 3.81. The Balaban J connectivity index is 1.82. The Labute approximate surface area is 106 Å².